The van der Waals surface area contributed by atoms with E-state index in [1.165, 1.54) is 173 Å². The third-order valence-electron chi connectivity index (χ3n) is 16.6. The van der Waals surface area contributed by atoms with Gasteiger partial charge in [-0.25, -0.2) is 0 Å². The zero-order valence-electron chi connectivity index (χ0n) is 39.1. The number of unbranched alkanes of at least 4 members (excludes halogenated alkanes) is 18. The van der Waals surface area contributed by atoms with Crippen molar-refractivity contribution in [3.8, 4) is 0 Å². The molecule has 4 rings (SSSR count). The Morgan fingerprint density at radius 3 is 1.83 bits per heavy atom. The molecule has 1 N–H and O–H groups in total. The molecule has 3 fully saturated rings. The summed E-state index contributed by atoms with van der Waals surface area (Å²) in [5.41, 5.74) is 1.80. The molecule has 6 nitrogen and oxygen atoms in total. The number of ketones is 1. The molecule has 7 atom stereocenters. The Morgan fingerprint density at radius 1 is 0.707 bits per heavy atom. The van der Waals surface area contributed by atoms with Crippen LogP contribution in [0.25, 0.3) is 0 Å². The summed E-state index contributed by atoms with van der Waals surface area (Å²) >= 11 is 0. The van der Waals surface area contributed by atoms with Crippen LogP contribution in [0.1, 0.15) is 227 Å². The quantitative estimate of drug-likeness (QED) is 0.0446. The zero-order chi connectivity index (χ0) is 41.9. The summed E-state index contributed by atoms with van der Waals surface area (Å²) in [5.74, 6) is 2.49. The van der Waals surface area contributed by atoms with Crippen LogP contribution in [-0.4, -0.2) is 61.5 Å². The Bertz CT molecular complexity index is 1240. The van der Waals surface area contributed by atoms with Crippen LogP contribution in [0.2, 0.25) is 0 Å². The fourth-order valence-corrected chi connectivity index (χ4v) is 12.8. The maximum Gasteiger partial charge on any atom is 0.306 e. The van der Waals surface area contributed by atoms with E-state index in [4.69, 9.17) is 4.74 Å². The second-order valence-corrected chi connectivity index (χ2v) is 20.9. The van der Waals surface area contributed by atoms with Gasteiger partial charge in [-0.2, -0.15) is 0 Å². The van der Waals surface area contributed by atoms with Gasteiger partial charge in [-0.3, -0.25) is 14.4 Å². The normalized spacial score (nSPS) is 27.3. The highest BCUT2D eigenvalue weighted by molar-refractivity contribution is 5.91. The predicted molar refractivity (Wildman–Crippen MR) is 242 cm³/mol. The number of likely N-dealkylation sites (N-methyl/N-ethyl adjacent to an activating group) is 1. The first-order valence-electron chi connectivity index (χ1n) is 25.5. The first kappa shape index (κ1) is 49.0. The van der Waals surface area contributed by atoms with E-state index in [0.29, 0.717) is 42.4 Å². The van der Waals surface area contributed by atoms with Crippen LogP contribution in [0.5, 0.6) is 0 Å². The van der Waals surface area contributed by atoms with E-state index in [0.717, 1.165) is 30.3 Å². The topological polar surface area (TPSA) is 72.5 Å². The Balaban J connectivity index is 1.15. The van der Waals surface area contributed by atoms with Crippen molar-refractivity contribution in [3.05, 3.63) is 11.6 Å². The van der Waals surface area contributed by atoms with Crippen molar-refractivity contribution in [2.45, 2.75) is 233 Å². The fraction of sp³-hybridized carbons (Fsp3) is 0.904. The van der Waals surface area contributed by atoms with Crippen molar-refractivity contribution in [2.75, 3.05) is 33.2 Å². The molecular formula is C52H93N2O4+. The zero-order valence-corrected chi connectivity index (χ0v) is 39.1. The van der Waals surface area contributed by atoms with E-state index in [9.17, 15) is 14.4 Å². The molecule has 1 amide bonds. The molecule has 0 heterocycles. The van der Waals surface area contributed by atoms with Gasteiger partial charge >= 0.3 is 5.97 Å². The minimum absolute atomic E-state index is 0.0242. The third-order valence-corrected chi connectivity index (χ3v) is 16.6. The third kappa shape index (κ3) is 14.7. The smallest absolute Gasteiger partial charge is 0.306 e. The first-order chi connectivity index (χ1) is 28.0. The Hall–Kier alpha value is -1.69. The number of carbonyl (C=O) groups excluding carboxylic acids is 3. The summed E-state index contributed by atoms with van der Waals surface area (Å²) < 4.78 is 7.18. The standard InChI is InChI=1S/C52H92N2O4/c1-7-9-11-13-15-17-19-21-23-25-38-54(6,39-26-24-22-20-18-16-14-12-10-8-2)40-37-53-49(56)31-32-50(57)58-42(3)46-29-30-47-45-28-27-43-41-44(55)33-35-51(43,4)48(45)34-36-52(46,47)5/h41-42,45-48H,7-40H2,1-6H3/p+1/t42-,45?,46+,47?,48?,51-,52+/m0/s1. The van der Waals surface area contributed by atoms with Crippen molar-refractivity contribution in [2.24, 2.45) is 34.5 Å². The Labute approximate surface area is 358 Å². The fourth-order valence-electron chi connectivity index (χ4n) is 12.8. The number of allylic oxidation sites excluding steroid dienone is 1. The predicted octanol–water partition coefficient (Wildman–Crippen LogP) is 13.3. The van der Waals surface area contributed by atoms with Gasteiger partial charge in [0.2, 0.25) is 5.91 Å². The lowest BCUT2D eigenvalue weighted by Crippen LogP contribution is -2.51. The number of hydrogen-bond donors (Lipinski definition) is 1. The number of carbonyl (C=O) groups is 3. The molecule has 0 aromatic heterocycles. The number of amides is 1. The van der Waals surface area contributed by atoms with E-state index in [1.807, 2.05) is 6.08 Å². The van der Waals surface area contributed by atoms with E-state index in [1.54, 1.807) is 0 Å². The lowest BCUT2D eigenvalue weighted by atomic mass is 9.46. The average molecular weight is 810 g/mol. The van der Waals surface area contributed by atoms with Crippen LogP contribution in [-0.2, 0) is 19.1 Å². The molecule has 0 spiro atoms. The van der Waals surface area contributed by atoms with E-state index >= 15 is 0 Å². The van der Waals surface area contributed by atoms with E-state index in [-0.39, 0.29) is 41.7 Å². The van der Waals surface area contributed by atoms with E-state index in [2.05, 4.69) is 47.0 Å². The molecule has 0 aromatic rings. The second kappa shape index (κ2) is 25.3. The van der Waals surface area contributed by atoms with Crippen molar-refractivity contribution in [3.63, 3.8) is 0 Å². The second-order valence-electron chi connectivity index (χ2n) is 20.9. The van der Waals surface area contributed by atoms with Crippen LogP contribution in [0.3, 0.4) is 0 Å². The molecule has 334 valence electrons. The monoisotopic (exact) mass is 810 g/mol. The summed E-state index contributed by atoms with van der Waals surface area (Å²) in [5, 5.41) is 3.19. The molecule has 0 aromatic carbocycles. The molecule has 4 aliphatic rings. The Morgan fingerprint density at radius 2 is 1.26 bits per heavy atom. The highest BCUT2D eigenvalue weighted by Gasteiger charge is 2.60. The maximum atomic E-state index is 13.2. The van der Waals surface area contributed by atoms with Gasteiger partial charge in [0.05, 0.1) is 39.6 Å². The molecule has 58 heavy (non-hydrogen) atoms. The van der Waals surface area contributed by atoms with Gasteiger partial charge in [0.15, 0.2) is 5.78 Å². The largest absolute Gasteiger partial charge is 0.462 e. The van der Waals surface area contributed by atoms with Crippen LogP contribution >= 0.6 is 0 Å². The molecule has 0 bridgehead atoms. The number of rotatable bonds is 30. The number of ether oxygens (including phenoxy) is 1. The molecule has 3 saturated carbocycles. The summed E-state index contributed by atoms with van der Waals surface area (Å²) in [6.45, 7) is 15.6. The molecule has 0 aliphatic heterocycles. The molecule has 0 radical (unpaired) electrons. The first-order valence-corrected chi connectivity index (χ1v) is 25.5. The molecule has 4 aliphatic carbocycles. The van der Waals surface area contributed by atoms with Crippen molar-refractivity contribution < 1.29 is 23.6 Å². The van der Waals surface area contributed by atoms with Gasteiger partial charge in [-0.15, -0.1) is 0 Å². The maximum absolute atomic E-state index is 13.2. The highest BCUT2D eigenvalue weighted by atomic mass is 16.5. The summed E-state index contributed by atoms with van der Waals surface area (Å²) in [7, 11) is 2.41. The van der Waals surface area contributed by atoms with Crippen LogP contribution in [0.4, 0.5) is 0 Å². The lowest BCUT2D eigenvalue weighted by molar-refractivity contribution is -0.908. The van der Waals surface area contributed by atoms with Gasteiger partial charge in [0.25, 0.3) is 0 Å². The van der Waals surface area contributed by atoms with E-state index < -0.39 is 0 Å². The van der Waals surface area contributed by atoms with Crippen molar-refractivity contribution in [1.29, 1.82) is 0 Å². The Kier molecular flexibility index (Phi) is 21.4. The summed E-state index contributed by atoms with van der Waals surface area (Å²) in [6, 6.07) is 0. The van der Waals surface area contributed by atoms with Gasteiger partial charge in [-0.05, 0) is 112 Å². The highest BCUT2D eigenvalue weighted by Crippen LogP contribution is 2.67. The number of quaternary nitrogens is 1. The van der Waals surface area contributed by atoms with Gasteiger partial charge < -0.3 is 14.5 Å². The van der Waals surface area contributed by atoms with Gasteiger partial charge in [0, 0.05) is 18.8 Å². The molecular weight excluding hydrogens is 717 g/mol. The van der Waals surface area contributed by atoms with Crippen molar-refractivity contribution >= 4 is 17.7 Å². The molecule has 6 heteroatoms. The van der Waals surface area contributed by atoms with Crippen LogP contribution in [0.15, 0.2) is 11.6 Å². The SMILES string of the molecule is CCCCCCCCCCCC[N+](C)(CCCCCCCCCCCC)CCNC(=O)CCC(=O)O[C@@H](C)[C@H]1CCC2C3CCC4=CC(=O)CC[C@]4(C)C3CC[C@@]21C. The van der Waals surface area contributed by atoms with Crippen LogP contribution < -0.4 is 5.32 Å². The number of esters is 1. The minimum Gasteiger partial charge on any atom is -0.462 e. The number of hydrogen-bond acceptors (Lipinski definition) is 4. The van der Waals surface area contributed by atoms with Crippen LogP contribution in [0, 0.1) is 34.5 Å². The summed E-state index contributed by atoms with van der Waals surface area (Å²) in [6.07, 6.45) is 38.2. The van der Waals surface area contributed by atoms with Gasteiger partial charge in [0.1, 0.15) is 6.10 Å². The molecule has 0 saturated heterocycles. The minimum atomic E-state index is -0.224. The number of nitrogens with one attached hydrogen (secondary N) is 1. The van der Waals surface area contributed by atoms with Crippen molar-refractivity contribution in [1.82, 2.24) is 5.32 Å². The van der Waals surface area contributed by atoms with Gasteiger partial charge in [-0.1, -0.05) is 136 Å². The summed E-state index contributed by atoms with van der Waals surface area (Å²) in [4.78, 5) is 38.5. The molecule has 3 unspecified atom stereocenters. The number of fused-ring (bicyclic) bond motifs is 5. The average Bonchev–Trinajstić information content (AvgIpc) is 3.56. The number of nitrogens with zero attached hydrogens (tertiary/aromatic N) is 1. The lowest BCUT2D eigenvalue weighted by Gasteiger charge is -2.58.